The first-order valence-electron chi connectivity index (χ1n) is 4.05. The minimum absolute atomic E-state index is 0.716. The van der Waals surface area contributed by atoms with E-state index in [0.29, 0.717) is 5.92 Å². The Hall–Kier alpha value is -0.0800. The Morgan fingerprint density at radius 1 is 1.40 bits per heavy atom. The highest BCUT2D eigenvalue weighted by Gasteiger charge is 2.11. The molecule has 2 heteroatoms. The van der Waals surface area contributed by atoms with E-state index in [0.717, 1.165) is 13.3 Å². The van der Waals surface area contributed by atoms with E-state index in [9.17, 15) is 0 Å². The standard InChI is InChI=1S/C6H13NO.C2H6/c1-6-3-7(2)5-8-4-6;1-2/h6H,3-5H2,1-2H3;1-2H3. The van der Waals surface area contributed by atoms with E-state index in [1.807, 2.05) is 13.8 Å². The first-order chi connectivity index (χ1) is 4.79. The highest BCUT2D eigenvalue weighted by molar-refractivity contribution is 4.59. The summed E-state index contributed by atoms with van der Waals surface area (Å²) in [4.78, 5) is 2.19. The van der Waals surface area contributed by atoms with Gasteiger partial charge in [0, 0.05) is 6.54 Å². The smallest absolute Gasteiger partial charge is 0.0987 e. The minimum Gasteiger partial charge on any atom is -0.366 e. The third-order valence-electron chi connectivity index (χ3n) is 1.34. The fraction of sp³-hybridized carbons (Fsp3) is 1.00. The van der Waals surface area contributed by atoms with Crippen LogP contribution in [-0.4, -0.2) is 31.8 Å². The van der Waals surface area contributed by atoms with Crippen molar-refractivity contribution in [3.63, 3.8) is 0 Å². The van der Waals surface area contributed by atoms with Gasteiger partial charge in [0.15, 0.2) is 0 Å². The van der Waals surface area contributed by atoms with Crippen LogP contribution in [0.1, 0.15) is 20.8 Å². The maximum Gasteiger partial charge on any atom is 0.0987 e. The first kappa shape index (κ1) is 9.92. The van der Waals surface area contributed by atoms with Gasteiger partial charge >= 0.3 is 0 Å². The molecule has 0 radical (unpaired) electrons. The summed E-state index contributed by atoms with van der Waals surface area (Å²) in [5.41, 5.74) is 0. The largest absolute Gasteiger partial charge is 0.366 e. The molecular weight excluding hydrogens is 126 g/mol. The molecule has 0 aromatic rings. The maximum atomic E-state index is 5.22. The Balaban J connectivity index is 0.000000371. The van der Waals surface area contributed by atoms with Crippen LogP contribution >= 0.6 is 0 Å². The number of rotatable bonds is 0. The van der Waals surface area contributed by atoms with Gasteiger partial charge in [-0.1, -0.05) is 20.8 Å². The molecule has 62 valence electrons. The molecule has 2 nitrogen and oxygen atoms in total. The lowest BCUT2D eigenvalue weighted by Gasteiger charge is -2.26. The van der Waals surface area contributed by atoms with Crippen LogP contribution in [-0.2, 0) is 4.74 Å². The molecule has 0 saturated carbocycles. The summed E-state index contributed by atoms with van der Waals surface area (Å²) in [7, 11) is 2.08. The molecule has 0 N–H and O–H groups in total. The van der Waals surface area contributed by atoms with Crippen molar-refractivity contribution in [3.8, 4) is 0 Å². The molecule has 0 aliphatic carbocycles. The fourth-order valence-electron chi connectivity index (χ4n) is 1.05. The third kappa shape index (κ3) is 3.85. The minimum atomic E-state index is 0.716. The van der Waals surface area contributed by atoms with Gasteiger partial charge in [-0.05, 0) is 13.0 Å². The zero-order valence-corrected chi connectivity index (χ0v) is 7.55. The van der Waals surface area contributed by atoms with Gasteiger partial charge in [-0.25, -0.2) is 0 Å². The van der Waals surface area contributed by atoms with Crippen molar-refractivity contribution in [2.75, 3.05) is 26.9 Å². The molecule has 1 fully saturated rings. The molecule has 1 atom stereocenters. The second kappa shape index (κ2) is 5.69. The molecule has 10 heavy (non-hydrogen) atoms. The van der Waals surface area contributed by atoms with E-state index < -0.39 is 0 Å². The average molecular weight is 145 g/mol. The summed E-state index contributed by atoms with van der Waals surface area (Å²) in [5.74, 6) is 0.716. The van der Waals surface area contributed by atoms with Crippen molar-refractivity contribution in [2.24, 2.45) is 5.92 Å². The average Bonchev–Trinajstić information content (AvgIpc) is 1.91. The number of ether oxygens (including phenoxy) is 1. The molecule has 1 aliphatic rings. The zero-order valence-electron chi connectivity index (χ0n) is 7.55. The van der Waals surface area contributed by atoms with Crippen molar-refractivity contribution in [3.05, 3.63) is 0 Å². The summed E-state index contributed by atoms with van der Waals surface area (Å²) in [5, 5.41) is 0. The van der Waals surface area contributed by atoms with Crippen LogP contribution in [0.25, 0.3) is 0 Å². The Morgan fingerprint density at radius 3 is 2.30 bits per heavy atom. The lowest BCUT2D eigenvalue weighted by molar-refractivity contribution is -0.0279. The molecule has 1 saturated heterocycles. The summed E-state index contributed by atoms with van der Waals surface area (Å²) >= 11 is 0. The van der Waals surface area contributed by atoms with Gasteiger partial charge < -0.3 is 4.74 Å². The van der Waals surface area contributed by atoms with Gasteiger partial charge in [-0.2, -0.15) is 0 Å². The third-order valence-corrected chi connectivity index (χ3v) is 1.34. The molecule has 1 heterocycles. The summed E-state index contributed by atoms with van der Waals surface area (Å²) in [6.45, 7) is 9.13. The van der Waals surface area contributed by atoms with E-state index in [2.05, 4.69) is 18.9 Å². The van der Waals surface area contributed by atoms with Crippen LogP contribution in [0.15, 0.2) is 0 Å². The van der Waals surface area contributed by atoms with E-state index in [-0.39, 0.29) is 0 Å². The van der Waals surface area contributed by atoms with Crippen molar-refractivity contribution >= 4 is 0 Å². The second-order valence-corrected chi connectivity index (χ2v) is 2.64. The Bertz CT molecular complexity index is 67.7. The summed E-state index contributed by atoms with van der Waals surface area (Å²) in [6.07, 6.45) is 0. The molecule has 0 aromatic carbocycles. The van der Waals surface area contributed by atoms with E-state index >= 15 is 0 Å². The topological polar surface area (TPSA) is 12.5 Å². The van der Waals surface area contributed by atoms with E-state index in [4.69, 9.17) is 4.74 Å². The predicted octanol–water partition coefficient (Wildman–Crippen LogP) is 1.57. The van der Waals surface area contributed by atoms with Crippen LogP contribution in [0.2, 0.25) is 0 Å². The molecule has 1 rings (SSSR count). The fourth-order valence-corrected chi connectivity index (χ4v) is 1.05. The predicted molar refractivity (Wildman–Crippen MR) is 44.0 cm³/mol. The van der Waals surface area contributed by atoms with E-state index in [1.165, 1.54) is 6.54 Å². The maximum absolute atomic E-state index is 5.22. The first-order valence-corrected chi connectivity index (χ1v) is 4.05. The van der Waals surface area contributed by atoms with Crippen molar-refractivity contribution in [1.82, 2.24) is 4.90 Å². The number of nitrogens with zero attached hydrogens (tertiary/aromatic N) is 1. The van der Waals surface area contributed by atoms with Crippen LogP contribution in [0, 0.1) is 5.92 Å². The van der Waals surface area contributed by atoms with Gasteiger partial charge in [0.25, 0.3) is 0 Å². The molecule has 0 bridgehead atoms. The van der Waals surface area contributed by atoms with Crippen LogP contribution in [0.3, 0.4) is 0 Å². The highest BCUT2D eigenvalue weighted by atomic mass is 16.5. The van der Waals surface area contributed by atoms with Crippen molar-refractivity contribution < 1.29 is 4.74 Å². The van der Waals surface area contributed by atoms with Crippen LogP contribution in [0.4, 0.5) is 0 Å². The Morgan fingerprint density at radius 2 is 2.00 bits per heavy atom. The lowest BCUT2D eigenvalue weighted by atomic mass is 10.2. The molecule has 1 aliphatic heterocycles. The Labute approximate surface area is 64.2 Å². The summed E-state index contributed by atoms with van der Waals surface area (Å²) in [6, 6.07) is 0. The SMILES string of the molecule is CC.CC1COCN(C)C1. The number of hydrogen-bond donors (Lipinski definition) is 0. The highest BCUT2D eigenvalue weighted by Crippen LogP contribution is 2.04. The van der Waals surface area contributed by atoms with E-state index in [1.54, 1.807) is 0 Å². The second-order valence-electron chi connectivity index (χ2n) is 2.64. The van der Waals surface area contributed by atoms with Gasteiger partial charge in [0.2, 0.25) is 0 Å². The molecule has 0 amide bonds. The monoisotopic (exact) mass is 145 g/mol. The normalized spacial score (nSPS) is 27.0. The van der Waals surface area contributed by atoms with Crippen LogP contribution in [0.5, 0.6) is 0 Å². The van der Waals surface area contributed by atoms with Crippen molar-refractivity contribution in [2.45, 2.75) is 20.8 Å². The molecule has 0 aromatic heterocycles. The molecular formula is C8H19NO. The molecule has 1 unspecified atom stereocenters. The zero-order chi connectivity index (χ0) is 7.98. The van der Waals surface area contributed by atoms with Gasteiger partial charge in [-0.3, -0.25) is 4.90 Å². The van der Waals surface area contributed by atoms with Gasteiger partial charge in [0.05, 0.1) is 13.3 Å². The van der Waals surface area contributed by atoms with Gasteiger partial charge in [-0.15, -0.1) is 0 Å². The lowest BCUT2D eigenvalue weighted by Crippen LogP contribution is -2.34. The number of hydrogen-bond acceptors (Lipinski definition) is 2. The molecule has 0 spiro atoms. The van der Waals surface area contributed by atoms with Crippen molar-refractivity contribution in [1.29, 1.82) is 0 Å². The van der Waals surface area contributed by atoms with Crippen LogP contribution < -0.4 is 0 Å². The Kier molecular flexibility index (Phi) is 5.64. The van der Waals surface area contributed by atoms with Gasteiger partial charge in [0.1, 0.15) is 0 Å². The summed E-state index contributed by atoms with van der Waals surface area (Å²) < 4.78 is 5.22. The quantitative estimate of drug-likeness (QED) is 0.513.